The Morgan fingerprint density at radius 2 is 1.89 bits per heavy atom. The molecule has 8 nitrogen and oxygen atoms in total. The first kappa shape index (κ1) is 20.6. The third-order valence-electron chi connectivity index (χ3n) is 5.69. The lowest BCUT2D eigenvalue weighted by molar-refractivity contribution is -0.137. The number of nitrogens with zero attached hydrogens (tertiary/aromatic N) is 1. The highest BCUT2D eigenvalue weighted by atomic mass is 32.2. The number of likely N-dealkylation sites (tertiary alicyclic amines) is 1. The van der Waals surface area contributed by atoms with Gasteiger partial charge >= 0.3 is 5.97 Å². The van der Waals surface area contributed by atoms with Crippen molar-refractivity contribution >= 4 is 21.9 Å². The van der Waals surface area contributed by atoms with E-state index < -0.39 is 16.0 Å². The van der Waals surface area contributed by atoms with Gasteiger partial charge in [-0.25, -0.2) is 18.4 Å². The van der Waals surface area contributed by atoms with E-state index in [1.54, 1.807) is 4.90 Å². The van der Waals surface area contributed by atoms with Gasteiger partial charge in [0.15, 0.2) is 6.61 Å². The summed E-state index contributed by atoms with van der Waals surface area (Å²) in [5.41, 5.74) is -0.0900. The molecule has 0 radical (unpaired) electrons. The summed E-state index contributed by atoms with van der Waals surface area (Å²) < 4.78 is 33.3. The number of hydrogen-bond acceptors (Lipinski definition) is 6. The average molecular weight is 410 g/mol. The Bertz CT molecular complexity index is 854. The lowest BCUT2D eigenvalue weighted by atomic mass is 9.75. The molecule has 2 atom stereocenters. The van der Waals surface area contributed by atoms with Crippen molar-refractivity contribution in [2.24, 2.45) is 17.0 Å². The van der Waals surface area contributed by atoms with Gasteiger partial charge in [0, 0.05) is 13.1 Å². The zero-order chi connectivity index (χ0) is 20.3. The summed E-state index contributed by atoms with van der Waals surface area (Å²) in [4.78, 5) is 26.4. The number of benzene rings is 1. The molecule has 1 saturated carbocycles. The van der Waals surface area contributed by atoms with Gasteiger partial charge in [-0.3, -0.25) is 4.79 Å². The van der Waals surface area contributed by atoms with Gasteiger partial charge in [0.2, 0.25) is 10.0 Å². The third-order valence-corrected chi connectivity index (χ3v) is 6.60. The number of fused-ring (bicyclic) bond motifs is 1. The zero-order valence-corrected chi connectivity index (χ0v) is 16.7. The van der Waals surface area contributed by atoms with E-state index >= 15 is 0 Å². The number of carbonyl (C=O) groups excluding carboxylic acids is 2. The molecule has 1 aliphatic carbocycles. The minimum atomic E-state index is -3.98. The van der Waals surface area contributed by atoms with E-state index in [0.29, 0.717) is 24.9 Å². The van der Waals surface area contributed by atoms with Crippen molar-refractivity contribution < 1.29 is 27.5 Å². The molecule has 0 aromatic heterocycles. The molecule has 2 N–H and O–H groups in total. The van der Waals surface area contributed by atoms with E-state index in [4.69, 9.17) is 14.6 Å². The monoisotopic (exact) mass is 410 g/mol. The second-order valence-electron chi connectivity index (χ2n) is 7.42. The van der Waals surface area contributed by atoms with Gasteiger partial charge in [0.1, 0.15) is 11.3 Å². The van der Waals surface area contributed by atoms with Gasteiger partial charge in [-0.05, 0) is 42.9 Å². The first-order valence-corrected chi connectivity index (χ1v) is 11.0. The Kier molecular flexibility index (Phi) is 6.24. The van der Waals surface area contributed by atoms with Crippen molar-refractivity contribution in [2.45, 2.75) is 37.0 Å². The van der Waals surface area contributed by atoms with Crippen molar-refractivity contribution in [1.82, 2.24) is 4.90 Å². The van der Waals surface area contributed by atoms with Crippen molar-refractivity contribution in [2.75, 3.05) is 26.8 Å². The van der Waals surface area contributed by atoms with Crippen LogP contribution in [0, 0.1) is 11.8 Å². The van der Waals surface area contributed by atoms with E-state index in [1.807, 2.05) is 0 Å². The smallest absolute Gasteiger partial charge is 0.342 e. The van der Waals surface area contributed by atoms with E-state index in [2.05, 4.69) is 0 Å². The molecule has 0 unspecified atom stereocenters. The standard InChI is InChI=1S/C19H26N2O6S/c1-26-17-7-6-15(28(20,24)25)10-16(17)19(23)27-12-18(22)21-9-8-13-4-2-3-5-14(13)11-21/h6-7,10,13-14H,2-5,8-9,11-12H2,1H3,(H2,20,24,25)/t13-,14-/m0/s1. The van der Waals surface area contributed by atoms with Crippen LogP contribution in [0.3, 0.4) is 0 Å². The maximum absolute atomic E-state index is 12.5. The summed E-state index contributed by atoms with van der Waals surface area (Å²) >= 11 is 0. The molecule has 1 aromatic carbocycles. The van der Waals surface area contributed by atoms with Crippen LogP contribution >= 0.6 is 0 Å². The van der Waals surface area contributed by atoms with E-state index in [0.717, 1.165) is 18.9 Å². The Hall–Kier alpha value is -2.13. The average Bonchev–Trinajstić information content (AvgIpc) is 2.70. The fourth-order valence-electron chi connectivity index (χ4n) is 4.15. The Balaban J connectivity index is 1.63. The number of sulfonamides is 1. The molecule has 0 bridgehead atoms. The largest absolute Gasteiger partial charge is 0.496 e. The maximum Gasteiger partial charge on any atom is 0.342 e. The van der Waals surface area contributed by atoms with Crippen LogP contribution in [0.4, 0.5) is 0 Å². The molecule has 2 fully saturated rings. The molecule has 2 aliphatic rings. The third kappa shape index (κ3) is 4.64. The molecule has 9 heteroatoms. The molecule has 3 rings (SSSR count). The van der Waals surface area contributed by atoms with Crippen LogP contribution < -0.4 is 9.88 Å². The van der Waals surface area contributed by atoms with Gasteiger partial charge in [-0.15, -0.1) is 0 Å². The minimum absolute atomic E-state index is 0.0900. The molecule has 1 amide bonds. The predicted molar refractivity (Wildman–Crippen MR) is 101 cm³/mol. The van der Waals surface area contributed by atoms with Crippen LogP contribution in [0.1, 0.15) is 42.5 Å². The van der Waals surface area contributed by atoms with Crippen molar-refractivity contribution in [3.05, 3.63) is 23.8 Å². The molecule has 1 aromatic rings. The van der Waals surface area contributed by atoms with E-state index in [1.165, 1.54) is 38.5 Å². The first-order valence-electron chi connectivity index (χ1n) is 9.45. The van der Waals surface area contributed by atoms with Crippen LogP contribution in [0.2, 0.25) is 0 Å². The van der Waals surface area contributed by atoms with Crippen molar-refractivity contribution in [3.63, 3.8) is 0 Å². The van der Waals surface area contributed by atoms with Crippen LogP contribution in [0.15, 0.2) is 23.1 Å². The van der Waals surface area contributed by atoms with Crippen molar-refractivity contribution in [1.29, 1.82) is 0 Å². The Labute approximate surface area is 165 Å². The first-order chi connectivity index (χ1) is 13.3. The summed E-state index contributed by atoms with van der Waals surface area (Å²) in [5.74, 6) is 0.314. The van der Waals surface area contributed by atoms with Gasteiger partial charge < -0.3 is 14.4 Å². The van der Waals surface area contributed by atoms with Gasteiger partial charge in [0.25, 0.3) is 5.91 Å². The van der Waals surface area contributed by atoms with Crippen LogP contribution in [0.5, 0.6) is 5.75 Å². The van der Waals surface area contributed by atoms with Crippen LogP contribution in [-0.4, -0.2) is 52.0 Å². The van der Waals surface area contributed by atoms with Crippen LogP contribution in [-0.2, 0) is 19.6 Å². The highest BCUT2D eigenvalue weighted by Crippen LogP contribution is 2.36. The Morgan fingerprint density at radius 3 is 2.57 bits per heavy atom. The number of carbonyl (C=O) groups is 2. The lowest BCUT2D eigenvalue weighted by Gasteiger charge is -2.41. The summed E-state index contributed by atoms with van der Waals surface area (Å²) in [6.07, 6.45) is 5.85. The summed E-state index contributed by atoms with van der Waals surface area (Å²) in [6, 6.07) is 3.66. The number of amides is 1. The molecule has 154 valence electrons. The van der Waals surface area contributed by atoms with Crippen molar-refractivity contribution in [3.8, 4) is 5.75 Å². The lowest BCUT2D eigenvalue weighted by Crippen LogP contribution is -2.46. The minimum Gasteiger partial charge on any atom is -0.496 e. The highest BCUT2D eigenvalue weighted by molar-refractivity contribution is 7.89. The van der Waals surface area contributed by atoms with Gasteiger partial charge in [-0.1, -0.05) is 19.3 Å². The highest BCUT2D eigenvalue weighted by Gasteiger charge is 2.33. The molecule has 0 spiro atoms. The molecule has 1 saturated heterocycles. The SMILES string of the molecule is COc1ccc(S(N)(=O)=O)cc1C(=O)OCC(=O)N1CC[C@@H]2CCCC[C@H]2C1. The maximum atomic E-state index is 12.5. The number of hydrogen-bond donors (Lipinski definition) is 1. The summed E-state index contributed by atoms with van der Waals surface area (Å²) in [5, 5.41) is 5.11. The van der Waals surface area contributed by atoms with Crippen LogP contribution in [0.25, 0.3) is 0 Å². The number of ether oxygens (including phenoxy) is 2. The number of nitrogens with two attached hydrogens (primary N) is 1. The summed E-state index contributed by atoms with van der Waals surface area (Å²) in [7, 11) is -2.63. The van der Waals surface area contributed by atoms with Gasteiger partial charge in [0.05, 0.1) is 12.0 Å². The van der Waals surface area contributed by atoms with E-state index in [-0.39, 0.29) is 28.7 Å². The second kappa shape index (κ2) is 8.48. The van der Waals surface area contributed by atoms with Gasteiger partial charge in [-0.2, -0.15) is 0 Å². The number of rotatable bonds is 5. The topological polar surface area (TPSA) is 116 Å². The molecule has 1 heterocycles. The number of piperidine rings is 1. The molecular weight excluding hydrogens is 384 g/mol. The fraction of sp³-hybridized carbons (Fsp3) is 0.579. The second-order valence-corrected chi connectivity index (χ2v) is 8.98. The summed E-state index contributed by atoms with van der Waals surface area (Å²) in [6.45, 7) is 1.01. The number of methoxy groups -OCH3 is 1. The zero-order valence-electron chi connectivity index (χ0n) is 15.9. The fourth-order valence-corrected chi connectivity index (χ4v) is 4.69. The number of primary sulfonamides is 1. The molecular formula is C19H26N2O6S. The van der Waals surface area contributed by atoms with E-state index in [9.17, 15) is 18.0 Å². The Morgan fingerprint density at radius 1 is 1.18 bits per heavy atom. The molecule has 28 heavy (non-hydrogen) atoms. The number of esters is 1. The predicted octanol–water partition coefficient (Wildman–Crippen LogP) is 1.54. The quantitative estimate of drug-likeness (QED) is 0.736. The normalized spacial score (nSPS) is 22.3. The molecule has 1 aliphatic heterocycles.